The Morgan fingerprint density at radius 2 is 1.24 bits per heavy atom. The van der Waals surface area contributed by atoms with Gasteiger partial charge in [0.15, 0.2) is 0 Å². The third-order valence-corrected chi connectivity index (χ3v) is 6.91. The average molecular weight is 778 g/mol. The van der Waals surface area contributed by atoms with Crippen LogP contribution >= 0.6 is 0 Å². The van der Waals surface area contributed by atoms with Gasteiger partial charge in [-0.25, -0.2) is 4.79 Å². The molecule has 0 spiro atoms. The topological polar surface area (TPSA) is 215 Å². The van der Waals surface area contributed by atoms with Gasteiger partial charge in [-0.05, 0) is 25.0 Å². The van der Waals surface area contributed by atoms with Crippen molar-refractivity contribution in [1.82, 2.24) is 24.5 Å². The summed E-state index contributed by atoms with van der Waals surface area (Å²) in [5.41, 5.74) is -0.164. The number of carbonyl (C=O) groups is 5. The molecule has 0 saturated heterocycles. The van der Waals surface area contributed by atoms with Crippen molar-refractivity contribution in [3.63, 3.8) is 0 Å². The minimum Gasteiger partial charge on any atom is -0.480 e. The van der Waals surface area contributed by atoms with Crippen molar-refractivity contribution in [2.45, 2.75) is 18.9 Å². The molecule has 1 aromatic carbocycles. The summed E-state index contributed by atoms with van der Waals surface area (Å²) in [6.45, 7) is -0.268. The van der Waals surface area contributed by atoms with Crippen LogP contribution in [0.3, 0.4) is 0 Å². The summed E-state index contributed by atoms with van der Waals surface area (Å²) in [4.78, 5) is 78.4. The molecule has 1 fully saturated rings. The van der Waals surface area contributed by atoms with Crippen LogP contribution in [-0.4, -0.2) is 153 Å². The van der Waals surface area contributed by atoms with Gasteiger partial charge in [-0.3, -0.25) is 39.1 Å². The number of hydrogen-bond donors (Lipinski definition) is 3. The zero-order chi connectivity index (χ0) is 32.2. The first-order valence-electron chi connectivity index (χ1n) is 13.9. The quantitative estimate of drug-likeness (QED) is 0.0991. The van der Waals surface area contributed by atoms with Gasteiger partial charge in [-0.2, -0.15) is 0 Å². The number of rotatable bonds is 13. The van der Waals surface area contributed by atoms with E-state index in [9.17, 15) is 49.4 Å². The molecule has 0 aromatic heterocycles. The molecule has 0 unspecified atom stereocenters. The summed E-state index contributed by atoms with van der Waals surface area (Å²) in [5, 5.41) is 38.9. The zero-order valence-corrected chi connectivity index (χ0v) is 26.6. The SMILES string of the molecule is O=C(O)CN1/C=C\N(CC(=O)O)CCN(CC(=O)N(CC(=O)Oc2ccc([N+](=O)[O-])cc2)C2CC2)CCN(CC(=O)O)CC1.[Gd]. The van der Waals surface area contributed by atoms with E-state index in [4.69, 9.17) is 4.74 Å². The van der Waals surface area contributed by atoms with E-state index >= 15 is 0 Å². The van der Waals surface area contributed by atoms with Crippen LogP contribution in [0.1, 0.15) is 12.8 Å². The number of amides is 1. The third-order valence-electron chi connectivity index (χ3n) is 6.91. The number of non-ortho nitro benzene ring substituents is 1. The molecule has 0 atom stereocenters. The Morgan fingerprint density at radius 3 is 1.69 bits per heavy atom. The normalized spacial score (nSPS) is 17.2. The predicted molar refractivity (Wildman–Crippen MR) is 152 cm³/mol. The monoisotopic (exact) mass is 778 g/mol. The second kappa shape index (κ2) is 18.5. The van der Waals surface area contributed by atoms with Gasteiger partial charge in [0.05, 0.1) is 18.0 Å². The summed E-state index contributed by atoms with van der Waals surface area (Å²) in [6.07, 6.45) is 4.32. The van der Waals surface area contributed by atoms with E-state index in [1.54, 1.807) is 9.80 Å². The fraction of sp³-hybridized carbons (Fsp3) is 0.519. The van der Waals surface area contributed by atoms with E-state index in [0.717, 1.165) is 0 Å². The number of carbonyl (C=O) groups excluding carboxylic acids is 2. The average Bonchev–Trinajstić information content (AvgIpc) is 3.78. The van der Waals surface area contributed by atoms with Gasteiger partial charge < -0.3 is 34.8 Å². The molecule has 0 radical (unpaired) electrons. The molecule has 1 heterocycles. The molecule has 1 amide bonds. The minimum absolute atomic E-state index is 0. The Hall–Kier alpha value is -3.45. The number of nitro groups is 1. The maximum absolute atomic E-state index is 13.4. The minimum atomic E-state index is -1.10. The number of carboxylic acid groups (broad SMARTS) is 3. The van der Waals surface area contributed by atoms with Crippen LogP contribution in [-0.2, 0) is 24.0 Å². The van der Waals surface area contributed by atoms with E-state index < -0.39 is 28.8 Å². The number of ether oxygens (including phenoxy) is 1. The molecular formula is C27H36GdN6O11. The second-order valence-corrected chi connectivity index (χ2v) is 10.5. The van der Waals surface area contributed by atoms with Crippen molar-refractivity contribution >= 4 is 35.5 Å². The molecule has 1 aromatic rings. The zero-order valence-electron chi connectivity index (χ0n) is 24.4. The van der Waals surface area contributed by atoms with Gasteiger partial charge in [-0.1, -0.05) is 0 Å². The molecule has 18 heteroatoms. The maximum Gasteiger partial charge on any atom is 0.331 e. The predicted octanol–water partition coefficient (Wildman–Crippen LogP) is -0.562. The Balaban J connectivity index is 0.00000705. The van der Waals surface area contributed by atoms with Gasteiger partial charge >= 0.3 is 23.9 Å². The van der Waals surface area contributed by atoms with Crippen molar-refractivity contribution in [2.75, 3.05) is 72.0 Å². The van der Waals surface area contributed by atoms with Crippen molar-refractivity contribution in [2.24, 2.45) is 0 Å². The van der Waals surface area contributed by atoms with E-state index in [1.165, 1.54) is 51.4 Å². The van der Waals surface area contributed by atoms with Crippen LogP contribution in [0.15, 0.2) is 36.7 Å². The Morgan fingerprint density at radius 1 is 0.778 bits per heavy atom. The van der Waals surface area contributed by atoms with Crippen LogP contribution in [0.2, 0.25) is 0 Å². The summed E-state index contributed by atoms with van der Waals surface area (Å²) in [7, 11) is 0. The van der Waals surface area contributed by atoms with Gasteiger partial charge in [-0.15, -0.1) is 0 Å². The summed E-state index contributed by atoms with van der Waals surface area (Å²) >= 11 is 0. The number of hydrogen-bond acceptors (Lipinski definition) is 12. The molecule has 2 aliphatic rings. The van der Waals surface area contributed by atoms with E-state index in [1.807, 2.05) is 0 Å². The van der Waals surface area contributed by atoms with E-state index in [0.29, 0.717) is 12.8 Å². The standard InChI is InChI=1S/C27H36N6O11.Gd/c34-23(32(20-1-2-20)19-27(41)44-22-5-3-21(4-6-22)33(42)43)15-28-7-9-29(16-24(35)36)11-13-31(18-26(39)40)14-12-30(10-8-28)17-25(37)38;/h3-6,11,13,20H,1-2,7-10,12,14-19H2,(H,35,36)(H,37,38)(H,39,40);/b13-11-;. The Bertz CT molecular complexity index is 1240. The number of nitrogens with zero attached hydrogens (tertiary/aromatic N) is 6. The van der Waals surface area contributed by atoms with Crippen molar-refractivity contribution < 1.29 is 88.9 Å². The summed E-state index contributed by atoms with van der Waals surface area (Å²) in [5.74, 6) is -4.26. The first kappa shape index (κ1) is 37.7. The van der Waals surface area contributed by atoms with Gasteiger partial charge in [0, 0.05) is 110 Å². The molecule has 0 bridgehead atoms. The van der Waals surface area contributed by atoms with Crippen molar-refractivity contribution in [1.29, 1.82) is 0 Å². The molecular weight excluding hydrogens is 742 g/mol. The smallest absolute Gasteiger partial charge is 0.331 e. The number of esters is 1. The fourth-order valence-electron chi connectivity index (χ4n) is 4.53. The molecule has 3 rings (SSSR count). The Kier molecular flexibility index (Phi) is 15.5. The molecule has 45 heavy (non-hydrogen) atoms. The molecule has 1 aliphatic heterocycles. The molecule has 17 nitrogen and oxygen atoms in total. The number of benzene rings is 1. The first-order chi connectivity index (χ1) is 20.9. The van der Waals surface area contributed by atoms with Gasteiger partial charge in [0.25, 0.3) is 5.69 Å². The molecule has 248 valence electrons. The van der Waals surface area contributed by atoms with Crippen molar-refractivity contribution in [3.05, 3.63) is 46.8 Å². The summed E-state index contributed by atoms with van der Waals surface area (Å²) in [6, 6.07) is 4.82. The number of nitro benzene ring substituents is 1. The van der Waals surface area contributed by atoms with Crippen LogP contribution in [0.5, 0.6) is 5.75 Å². The van der Waals surface area contributed by atoms with E-state index in [-0.39, 0.29) is 135 Å². The molecule has 1 saturated carbocycles. The largest absolute Gasteiger partial charge is 0.480 e. The number of carboxylic acids is 3. The molecule has 1 aliphatic carbocycles. The van der Waals surface area contributed by atoms with Gasteiger partial charge in [0.2, 0.25) is 5.91 Å². The van der Waals surface area contributed by atoms with E-state index in [2.05, 4.69) is 0 Å². The van der Waals surface area contributed by atoms with Crippen molar-refractivity contribution in [3.8, 4) is 5.75 Å². The number of aliphatic carboxylic acids is 3. The van der Waals surface area contributed by atoms with Gasteiger partial charge in [0.1, 0.15) is 25.4 Å². The van der Waals surface area contributed by atoms with Crippen LogP contribution in [0, 0.1) is 50.1 Å². The summed E-state index contributed by atoms with van der Waals surface area (Å²) < 4.78 is 5.28. The maximum atomic E-state index is 13.4. The fourth-order valence-corrected chi connectivity index (χ4v) is 4.53. The molecule has 3 N–H and O–H groups in total. The first-order valence-corrected chi connectivity index (χ1v) is 13.9. The third kappa shape index (κ3) is 14.0. The second-order valence-electron chi connectivity index (χ2n) is 10.5. The van der Waals surface area contributed by atoms with Crippen LogP contribution < -0.4 is 4.74 Å². The Labute approximate surface area is 290 Å². The van der Waals surface area contributed by atoms with Crippen LogP contribution in [0.25, 0.3) is 0 Å². The van der Waals surface area contributed by atoms with Crippen LogP contribution in [0.4, 0.5) is 5.69 Å².